The number of carbonyl (C=O) groups is 1. The van der Waals surface area contributed by atoms with Crippen LogP contribution >= 0.6 is 0 Å². The van der Waals surface area contributed by atoms with Crippen molar-refractivity contribution in [1.29, 1.82) is 0 Å². The van der Waals surface area contributed by atoms with Crippen LogP contribution in [0.2, 0.25) is 12.1 Å². The molecule has 4 aromatic carbocycles. The summed E-state index contributed by atoms with van der Waals surface area (Å²) in [6.07, 6.45) is 1.41. The number of benzene rings is 4. The number of rotatable bonds is 32. The third kappa shape index (κ3) is 12.7. The molecule has 64 heavy (non-hydrogen) atoms. The van der Waals surface area contributed by atoms with Crippen molar-refractivity contribution in [2.75, 3.05) is 81.3 Å². The number of hydrogen-bond donors (Lipinski definition) is 0. The van der Waals surface area contributed by atoms with Crippen LogP contribution in [0.4, 0.5) is 0 Å². The Hall–Kier alpha value is -3.82. The van der Waals surface area contributed by atoms with E-state index in [0.29, 0.717) is 112 Å². The first kappa shape index (κ1) is 52.8. The predicted octanol–water partition coefficient (Wildman–Crippen LogP) is 9.82. The Kier molecular flexibility index (Phi) is 21.7. The molecule has 0 aliphatic rings. The van der Waals surface area contributed by atoms with E-state index >= 15 is 4.79 Å². The first-order valence-electron chi connectivity index (χ1n) is 22.3. The smallest absolute Gasteiger partial charge is 0.494 e. The molecule has 4 rings (SSSR count). The molecular formula is C49H70O13Si2. The zero-order valence-electron chi connectivity index (χ0n) is 39.5. The van der Waals surface area contributed by atoms with Gasteiger partial charge in [-0.1, -0.05) is 72.8 Å². The van der Waals surface area contributed by atoms with Crippen molar-refractivity contribution in [3.05, 3.63) is 108 Å². The third-order valence-electron chi connectivity index (χ3n) is 10.6. The molecular weight excluding hydrogens is 853 g/mol. The molecule has 0 heterocycles. The van der Waals surface area contributed by atoms with Crippen molar-refractivity contribution in [3.8, 4) is 33.8 Å². The van der Waals surface area contributed by atoms with E-state index in [-0.39, 0.29) is 0 Å². The Bertz CT molecular complexity index is 1780. The fourth-order valence-corrected chi connectivity index (χ4v) is 13.1. The molecule has 0 saturated heterocycles. The average Bonchev–Trinajstić information content (AvgIpc) is 3.32. The summed E-state index contributed by atoms with van der Waals surface area (Å²) in [6.45, 7) is 15.8. The summed E-state index contributed by atoms with van der Waals surface area (Å²) in [5.74, 6) is -3.19. The van der Waals surface area contributed by atoms with E-state index in [2.05, 4.69) is 0 Å². The SMILES string of the molecule is CCO[Si](CCCOc1ccc(-c2ccccc2C(OC)(OC)C(=O)C(OC)(OC)c2ccccc2-c2ccc(OCCC[Si](OCC)(OCC)OCC)cc2)cc1)(OCC)OCC. The number of hydrogen-bond acceptors (Lipinski definition) is 13. The lowest BCUT2D eigenvalue weighted by Gasteiger charge is -2.40. The van der Waals surface area contributed by atoms with Crippen LogP contribution in [-0.4, -0.2) is 105 Å². The van der Waals surface area contributed by atoms with Crippen molar-refractivity contribution in [2.45, 2.75) is 78.0 Å². The Morgan fingerprint density at radius 3 is 1.02 bits per heavy atom. The Labute approximate surface area is 383 Å². The molecule has 352 valence electrons. The molecule has 0 radical (unpaired) electrons. The molecule has 0 spiro atoms. The minimum absolute atomic E-state index is 0.459. The van der Waals surface area contributed by atoms with Gasteiger partial charge < -0.3 is 55.0 Å². The molecule has 4 aromatic rings. The van der Waals surface area contributed by atoms with Gasteiger partial charge in [0.05, 0.1) is 13.2 Å². The second-order valence-electron chi connectivity index (χ2n) is 14.4. The number of ether oxygens (including phenoxy) is 6. The van der Waals surface area contributed by atoms with Crippen LogP contribution < -0.4 is 9.47 Å². The minimum Gasteiger partial charge on any atom is -0.494 e. The molecule has 13 nitrogen and oxygen atoms in total. The predicted molar refractivity (Wildman–Crippen MR) is 251 cm³/mol. The molecule has 0 aliphatic carbocycles. The van der Waals surface area contributed by atoms with Crippen LogP contribution in [-0.2, 0) is 61.9 Å². The quantitative estimate of drug-likeness (QED) is 0.0262. The topological polar surface area (TPSA) is 128 Å². The maximum atomic E-state index is 15.4. The highest BCUT2D eigenvalue weighted by Crippen LogP contribution is 2.45. The average molecular weight is 923 g/mol. The van der Waals surface area contributed by atoms with E-state index in [4.69, 9.17) is 55.0 Å². The van der Waals surface area contributed by atoms with Crippen LogP contribution in [0, 0.1) is 0 Å². The number of Topliss-reactive ketones (excluding diaryl/α,β-unsaturated/α-hetero) is 1. The van der Waals surface area contributed by atoms with Gasteiger partial charge in [-0.15, -0.1) is 0 Å². The van der Waals surface area contributed by atoms with Crippen molar-refractivity contribution in [2.24, 2.45) is 0 Å². The Morgan fingerprint density at radius 2 is 0.734 bits per heavy atom. The van der Waals surface area contributed by atoms with E-state index in [1.54, 1.807) is 0 Å². The highest BCUT2D eigenvalue weighted by atomic mass is 28.4. The van der Waals surface area contributed by atoms with Gasteiger partial charge in [0.15, 0.2) is 0 Å². The van der Waals surface area contributed by atoms with E-state index in [9.17, 15) is 0 Å². The zero-order chi connectivity index (χ0) is 46.5. The van der Waals surface area contributed by atoms with Crippen LogP contribution in [0.5, 0.6) is 11.5 Å². The summed E-state index contributed by atoms with van der Waals surface area (Å²) in [7, 11) is 0.194. The summed E-state index contributed by atoms with van der Waals surface area (Å²) >= 11 is 0. The van der Waals surface area contributed by atoms with Crippen molar-refractivity contribution >= 4 is 23.4 Å². The van der Waals surface area contributed by atoms with Gasteiger partial charge >= 0.3 is 17.6 Å². The minimum atomic E-state index is -2.77. The number of ketones is 1. The molecule has 0 aromatic heterocycles. The highest BCUT2D eigenvalue weighted by Gasteiger charge is 2.57. The van der Waals surface area contributed by atoms with Crippen molar-refractivity contribution in [3.63, 3.8) is 0 Å². The Morgan fingerprint density at radius 1 is 0.438 bits per heavy atom. The second kappa shape index (κ2) is 26.4. The lowest BCUT2D eigenvalue weighted by molar-refractivity contribution is -0.266. The molecule has 0 unspecified atom stereocenters. The molecule has 0 N–H and O–H groups in total. The Balaban J connectivity index is 1.58. The molecule has 0 amide bonds. The first-order chi connectivity index (χ1) is 31.1. The standard InChI is InChI=1S/C49H70O13Si2/c1-11-57-63(58-12-2,59-13-3)37-21-35-55-41-31-27-39(28-32-41)43-23-17-19-25-45(43)48(51-7,52-8)47(50)49(53-9,54-10)46-26-20-18-24-44(46)40-29-33-42(34-30-40)56-36-22-38-64(60-14-4,61-15-5)62-16-6/h17-20,23-34H,11-16,21-22,35-38H2,1-10H3. The normalized spacial score (nSPS) is 12.4. The second-order valence-corrected chi connectivity index (χ2v) is 19.9. The van der Waals surface area contributed by atoms with Crippen LogP contribution in [0.15, 0.2) is 97.1 Å². The van der Waals surface area contributed by atoms with Gasteiger partial charge in [0, 0.05) is 91.3 Å². The maximum Gasteiger partial charge on any atom is 0.501 e. The lowest BCUT2D eigenvalue weighted by Crippen LogP contribution is -2.54. The van der Waals surface area contributed by atoms with Gasteiger partial charge in [0.25, 0.3) is 17.4 Å². The summed E-state index contributed by atoms with van der Waals surface area (Å²) in [4.78, 5) is 15.4. The molecule has 0 aliphatic heterocycles. The van der Waals surface area contributed by atoms with Gasteiger partial charge in [0.2, 0.25) is 0 Å². The molecule has 15 heteroatoms. The van der Waals surface area contributed by atoms with E-state index in [1.165, 1.54) is 28.4 Å². The van der Waals surface area contributed by atoms with Gasteiger partial charge in [-0.3, -0.25) is 4.79 Å². The van der Waals surface area contributed by atoms with Gasteiger partial charge in [-0.25, -0.2) is 0 Å². The highest BCUT2D eigenvalue weighted by molar-refractivity contribution is 6.61. The molecule has 0 fully saturated rings. The zero-order valence-corrected chi connectivity index (χ0v) is 41.5. The van der Waals surface area contributed by atoms with E-state index in [1.807, 2.05) is 139 Å². The lowest BCUT2D eigenvalue weighted by atomic mass is 9.84. The largest absolute Gasteiger partial charge is 0.501 e. The van der Waals surface area contributed by atoms with Crippen LogP contribution in [0.1, 0.15) is 65.5 Å². The summed E-state index contributed by atoms with van der Waals surface area (Å²) < 4.78 is 72.8. The van der Waals surface area contributed by atoms with Crippen LogP contribution in [0.3, 0.4) is 0 Å². The van der Waals surface area contributed by atoms with E-state index in [0.717, 1.165) is 11.1 Å². The van der Waals surface area contributed by atoms with Gasteiger partial charge in [-0.2, -0.15) is 0 Å². The molecule has 0 bridgehead atoms. The maximum absolute atomic E-state index is 15.4. The molecule has 0 atom stereocenters. The first-order valence-corrected chi connectivity index (χ1v) is 26.2. The number of methoxy groups -OCH3 is 4. The van der Waals surface area contributed by atoms with Crippen molar-refractivity contribution < 1.29 is 59.8 Å². The fourth-order valence-electron chi connectivity index (χ4n) is 7.90. The monoisotopic (exact) mass is 922 g/mol. The van der Waals surface area contributed by atoms with Gasteiger partial charge in [0.1, 0.15) is 11.5 Å². The summed E-state index contributed by atoms with van der Waals surface area (Å²) in [5, 5.41) is 0. The number of carbonyl (C=O) groups excluding carboxylic acids is 1. The third-order valence-corrected chi connectivity index (χ3v) is 16.9. The fraction of sp³-hybridized carbons (Fsp3) is 0.490. The van der Waals surface area contributed by atoms with Crippen LogP contribution in [0.25, 0.3) is 22.3 Å². The van der Waals surface area contributed by atoms with Gasteiger partial charge in [-0.05, 0) is 101 Å². The summed E-state index contributed by atoms with van der Waals surface area (Å²) in [6, 6.07) is 31.6. The summed E-state index contributed by atoms with van der Waals surface area (Å²) in [5.41, 5.74) is 3.96. The van der Waals surface area contributed by atoms with Crippen molar-refractivity contribution in [1.82, 2.24) is 0 Å². The van der Waals surface area contributed by atoms with E-state index < -0.39 is 35.0 Å². The molecule has 0 saturated carbocycles.